The van der Waals surface area contributed by atoms with Crippen molar-refractivity contribution in [2.24, 2.45) is 5.73 Å². The summed E-state index contributed by atoms with van der Waals surface area (Å²) >= 11 is 0. The lowest BCUT2D eigenvalue weighted by Gasteiger charge is -2.11. The lowest BCUT2D eigenvalue weighted by molar-refractivity contribution is 0.317. The molecule has 2 aromatic rings. The minimum absolute atomic E-state index is 0.00117. The molecule has 1 atom stereocenters. The fraction of sp³-hybridized carbons (Fsp3) is 0.385. The van der Waals surface area contributed by atoms with Crippen molar-refractivity contribution in [3.63, 3.8) is 0 Å². The highest BCUT2D eigenvalue weighted by molar-refractivity contribution is 5.26. The molecule has 0 fully saturated rings. The van der Waals surface area contributed by atoms with Crippen LogP contribution in [0.3, 0.4) is 0 Å². The van der Waals surface area contributed by atoms with Gasteiger partial charge in [-0.05, 0) is 6.07 Å². The first kappa shape index (κ1) is 13.6. The van der Waals surface area contributed by atoms with Crippen molar-refractivity contribution < 1.29 is 13.3 Å². The molecule has 4 nitrogen and oxygen atoms in total. The Morgan fingerprint density at radius 2 is 1.95 bits per heavy atom. The van der Waals surface area contributed by atoms with E-state index in [9.17, 15) is 8.78 Å². The molecule has 19 heavy (non-hydrogen) atoms. The molecule has 0 bridgehead atoms. The smallest absolute Gasteiger partial charge is 0.232 e. The number of hydrogen-bond acceptors (Lipinski definition) is 4. The van der Waals surface area contributed by atoms with Crippen LogP contribution in [0.2, 0.25) is 0 Å². The third-order valence-electron chi connectivity index (χ3n) is 2.68. The Morgan fingerprint density at radius 3 is 2.53 bits per heavy atom. The van der Waals surface area contributed by atoms with E-state index in [4.69, 9.17) is 10.3 Å². The van der Waals surface area contributed by atoms with E-state index < -0.39 is 17.7 Å². The van der Waals surface area contributed by atoms with Crippen LogP contribution in [0, 0.1) is 11.6 Å². The number of hydrogen-bond donors (Lipinski definition) is 1. The maximum Gasteiger partial charge on any atom is 0.232 e. The Labute approximate surface area is 109 Å². The first-order chi connectivity index (χ1) is 8.80. The molecule has 0 radical (unpaired) electrons. The minimum atomic E-state index is -0.989. The summed E-state index contributed by atoms with van der Waals surface area (Å²) in [5, 5.41) is 3.73. The molecular formula is C13H15F2N3O. The number of nitrogens with zero attached hydrogens (tertiary/aromatic N) is 2. The van der Waals surface area contributed by atoms with Crippen LogP contribution in [0.1, 0.15) is 44.1 Å². The Balaban J connectivity index is 2.37. The van der Waals surface area contributed by atoms with Crippen molar-refractivity contribution in [1.82, 2.24) is 10.1 Å². The topological polar surface area (TPSA) is 64.9 Å². The molecule has 1 aromatic carbocycles. The summed E-state index contributed by atoms with van der Waals surface area (Å²) in [5.74, 6) is -1.41. The summed E-state index contributed by atoms with van der Waals surface area (Å²) in [6.45, 7) is 5.70. The van der Waals surface area contributed by atoms with E-state index in [1.165, 1.54) is 12.1 Å². The average molecular weight is 267 g/mol. The molecule has 2 rings (SSSR count). The van der Waals surface area contributed by atoms with Crippen molar-refractivity contribution in [1.29, 1.82) is 0 Å². The Hall–Kier alpha value is -1.82. The van der Waals surface area contributed by atoms with E-state index in [-0.39, 0.29) is 16.8 Å². The number of aromatic nitrogens is 2. The molecule has 0 saturated heterocycles. The largest absolute Gasteiger partial charge is 0.339 e. The molecule has 2 N–H and O–H groups in total. The van der Waals surface area contributed by atoms with E-state index >= 15 is 0 Å². The first-order valence-electron chi connectivity index (χ1n) is 5.84. The molecule has 102 valence electrons. The normalized spacial score (nSPS) is 13.6. The minimum Gasteiger partial charge on any atom is -0.339 e. The summed E-state index contributed by atoms with van der Waals surface area (Å²) in [5.41, 5.74) is 5.52. The van der Waals surface area contributed by atoms with Crippen molar-refractivity contribution in [2.45, 2.75) is 32.2 Å². The molecule has 0 saturated carbocycles. The van der Waals surface area contributed by atoms with Crippen LogP contribution >= 0.6 is 0 Å². The van der Waals surface area contributed by atoms with Crippen LogP contribution in [0.5, 0.6) is 0 Å². The van der Waals surface area contributed by atoms with Gasteiger partial charge in [-0.2, -0.15) is 4.98 Å². The lowest BCUT2D eigenvalue weighted by Crippen LogP contribution is -2.17. The highest BCUT2D eigenvalue weighted by Gasteiger charge is 2.26. The van der Waals surface area contributed by atoms with E-state index in [0.717, 1.165) is 6.07 Å². The Kier molecular flexibility index (Phi) is 3.36. The first-order valence-corrected chi connectivity index (χ1v) is 5.84. The fourth-order valence-corrected chi connectivity index (χ4v) is 1.57. The number of halogens is 2. The van der Waals surface area contributed by atoms with Gasteiger partial charge >= 0.3 is 0 Å². The standard InChI is InChI=1S/C13H15F2N3O/c1-13(2,3)12-17-11(18-19-12)10(16)7-5-4-6-8(14)9(7)15/h4-6,10H,16H2,1-3H3. The molecule has 6 heteroatoms. The third-order valence-corrected chi connectivity index (χ3v) is 2.68. The van der Waals surface area contributed by atoms with Gasteiger partial charge in [0.25, 0.3) is 0 Å². The highest BCUT2D eigenvalue weighted by atomic mass is 19.2. The van der Waals surface area contributed by atoms with Gasteiger partial charge in [-0.15, -0.1) is 0 Å². The van der Waals surface area contributed by atoms with Crippen LogP contribution in [-0.2, 0) is 5.41 Å². The third kappa shape index (κ3) is 2.63. The predicted molar refractivity (Wildman–Crippen MR) is 65.4 cm³/mol. The number of benzene rings is 1. The Bertz CT molecular complexity index is 590. The van der Waals surface area contributed by atoms with Gasteiger partial charge in [-0.3, -0.25) is 0 Å². The van der Waals surface area contributed by atoms with Gasteiger partial charge < -0.3 is 10.3 Å². The summed E-state index contributed by atoms with van der Waals surface area (Å²) < 4.78 is 31.9. The van der Waals surface area contributed by atoms with Gasteiger partial charge in [0, 0.05) is 11.0 Å². The zero-order chi connectivity index (χ0) is 14.2. The molecule has 0 amide bonds. The maximum absolute atomic E-state index is 13.6. The van der Waals surface area contributed by atoms with Crippen molar-refractivity contribution >= 4 is 0 Å². The molecule has 0 aliphatic heterocycles. The van der Waals surface area contributed by atoms with Crippen molar-refractivity contribution in [2.75, 3.05) is 0 Å². The molecule has 0 spiro atoms. The summed E-state index contributed by atoms with van der Waals surface area (Å²) in [6, 6.07) is 2.85. The average Bonchev–Trinajstić information content (AvgIpc) is 2.81. The Morgan fingerprint density at radius 1 is 1.26 bits per heavy atom. The van der Waals surface area contributed by atoms with Crippen LogP contribution in [0.4, 0.5) is 8.78 Å². The quantitative estimate of drug-likeness (QED) is 0.908. The van der Waals surface area contributed by atoms with E-state index in [2.05, 4.69) is 10.1 Å². The van der Waals surface area contributed by atoms with E-state index in [0.29, 0.717) is 5.89 Å². The summed E-state index contributed by atoms with van der Waals surface area (Å²) in [7, 11) is 0. The molecule has 1 heterocycles. The second-order valence-electron chi connectivity index (χ2n) is 5.33. The van der Waals surface area contributed by atoms with Crippen LogP contribution in [0.15, 0.2) is 22.7 Å². The SMILES string of the molecule is CC(C)(C)c1nc(C(N)c2cccc(F)c2F)no1. The van der Waals surface area contributed by atoms with Gasteiger partial charge in [0.2, 0.25) is 5.89 Å². The number of nitrogens with two attached hydrogens (primary N) is 1. The zero-order valence-corrected chi connectivity index (χ0v) is 10.9. The van der Waals surface area contributed by atoms with Gasteiger partial charge in [0.1, 0.15) is 0 Å². The highest BCUT2D eigenvalue weighted by Crippen LogP contribution is 2.25. The molecule has 1 aromatic heterocycles. The van der Waals surface area contributed by atoms with Gasteiger partial charge in [0.15, 0.2) is 17.5 Å². The molecule has 0 aliphatic carbocycles. The second-order valence-corrected chi connectivity index (χ2v) is 5.33. The van der Waals surface area contributed by atoms with Gasteiger partial charge in [0.05, 0.1) is 6.04 Å². The monoisotopic (exact) mass is 267 g/mol. The second kappa shape index (κ2) is 4.70. The van der Waals surface area contributed by atoms with Gasteiger partial charge in [-0.1, -0.05) is 38.1 Å². The maximum atomic E-state index is 13.6. The zero-order valence-electron chi connectivity index (χ0n) is 10.9. The number of rotatable bonds is 2. The van der Waals surface area contributed by atoms with Crippen LogP contribution in [0.25, 0.3) is 0 Å². The lowest BCUT2D eigenvalue weighted by atomic mass is 9.97. The summed E-state index contributed by atoms with van der Waals surface area (Å²) in [4.78, 5) is 4.14. The molecule has 0 aliphatic rings. The van der Waals surface area contributed by atoms with E-state index in [1.807, 2.05) is 20.8 Å². The van der Waals surface area contributed by atoms with Crippen molar-refractivity contribution in [3.05, 3.63) is 47.1 Å². The molecule has 1 unspecified atom stereocenters. The van der Waals surface area contributed by atoms with Crippen LogP contribution in [-0.4, -0.2) is 10.1 Å². The van der Waals surface area contributed by atoms with Crippen molar-refractivity contribution in [3.8, 4) is 0 Å². The molecular weight excluding hydrogens is 252 g/mol. The van der Waals surface area contributed by atoms with Gasteiger partial charge in [-0.25, -0.2) is 8.78 Å². The van der Waals surface area contributed by atoms with E-state index in [1.54, 1.807) is 0 Å². The summed E-state index contributed by atoms with van der Waals surface area (Å²) in [6.07, 6.45) is 0. The predicted octanol–water partition coefficient (Wildman–Crippen LogP) is 2.69. The van der Waals surface area contributed by atoms with Crippen LogP contribution < -0.4 is 5.73 Å². The fourth-order valence-electron chi connectivity index (χ4n) is 1.57.